The van der Waals surface area contributed by atoms with Gasteiger partial charge in [0, 0.05) is 17.5 Å². The Morgan fingerprint density at radius 2 is 2.04 bits per heavy atom. The molecule has 7 nitrogen and oxygen atoms in total. The first-order valence-electron chi connectivity index (χ1n) is 8.20. The standard InChI is InChI=1S/C19H14N2O5S/c1-3-24-19(23)16-10(2)15-17(20-9-21-18(15)27-16)25-12-6-4-11-5-7-14(22)26-13(11)8-12/h4-9H,3H2,1-2H3. The number of thiophene rings is 1. The number of hydrogen-bond acceptors (Lipinski definition) is 8. The summed E-state index contributed by atoms with van der Waals surface area (Å²) >= 11 is 1.24. The van der Waals surface area contributed by atoms with Gasteiger partial charge in [-0.05, 0) is 37.6 Å². The van der Waals surface area contributed by atoms with Crippen molar-refractivity contribution in [3.8, 4) is 11.6 Å². The maximum atomic E-state index is 12.1. The molecule has 27 heavy (non-hydrogen) atoms. The van der Waals surface area contributed by atoms with Crippen molar-refractivity contribution in [2.24, 2.45) is 0 Å². The molecule has 136 valence electrons. The van der Waals surface area contributed by atoms with E-state index in [-0.39, 0.29) is 0 Å². The maximum absolute atomic E-state index is 12.1. The topological polar surface area (TPSA) is 91.5 Å². The summed E-state index contributed by atoms with van der Waals surface area (Å²) in [5, 5.41) is 1.44. The Balaban J connectivity index is 1.78. The summed E-state index contributed by atoms with van der Waals surface area (Å²) in [6.45, 7) is 3.86. The van der Waals surface area contributed by atoms with Crippen LogP contribution in [-0.4, -0.2) is 22.5 Å². The predicted octanol–water partition coefficient (Wildman–Crippen LogP) is 4.08. The van der Waals surface area contributed by atoms with Gasteiger partial charge in [0.15, 0.2) is 0 Å². The largest absolute Gasteiger partial charge is 0.462 e. The van der Waals surface area contributed by atoms with Crippen LogP contribution in [0.3, 0.4) is 0 Å². The van der Waals surface area contributed by atoms with Crippen LogP contribution in [0.5, 0.6) is 11.6 Å². The first kappa shape index (κ1) is 17.2. The van der Waals surface area contributed by atoms with Crippen molar-refractivity contribution in [2.45, 2.75) is 13.8 Å². The minimum Gasteiger partial charge on any atom is -0.462 e. The molecule has 0 bridgehead atoms. The molecule has 0 fully saturated rings. The highest BCUT2D eigenvalue weighted by Crippen LogP contribution is 2.36. The van der Waals surface area contributed by atoms with E-state index < -0.39 is 11.6 Å². The molecule has 0 aliphatic carbocycles. The zero-order valence-electron chi connectivity index (χ0n) is 14.5. The molecular weight excluding hydrogens is 368 g/mol. The van der Waals surface area contributed by atoms with E-state index in [0.29, 0.717) is 44.5 Å². The molecular formula is C19H14N2O5S. The zero-order chi connectivity index (χ0) is 19.0. The van der Waals surface area contributed by atoms with Crippen molar-refractivity contribution in [2.75, 3.05) is 6.61 Å². The van der Waals surface area contributed by atoms with Crippen LogP contribution in [0.4, 0.5) is 0 Å². The second kappa shape index (κ2) is 6.81. The van der Waals surface area contributed by atoms with Crippen LogP contribution in [0.1, 0.15) is 22.2 Å². The molecule has 4 aromatic rings. The second-order valence-corrected chi connectivity index (χ2v) is 6.69. The Kier molecular flexibility index (Phi) is 4.33. The number of carbonyl (C=O) groups is 1. The highest BCUT2D eigenvalue weighted by molar-refractivity contribution is 7.20. The van der Waals surface area contributed by atoms with Crippen LogP contribution in [0.2, 0.25) is 0 Å². The molecule has 0 amide bonds. The van der Waals surface area contributed by atoms with Crippen LogP contribution < -0.4 is 10.4 Å². The number of nitrogens with zero attached hydrogens (tertiary/aromatic N) is 2. The molecule has 0 saturated carbocycles. The summed E-state index contributed by atoms with van der Waals surface area (Å²) in [5.41, 5.74) is 0.688. The van der Waals surface area contributed by atoms with Gasteiger partial charge in [-0.15, -0.1) is 11.3 Å². The van der Waals surface area contributed by atoms with Gasteiger partial charge in [0.1, 0.15) is 27.4 Å². The molecule has 0 aliphatic heterocycles. The number of hydrogen-bond donors (Lipinski definition) is 0. The first-order valence-corrected chi connectivity index (χ1v) is 9.01. The Morgan fingerprint density at radius 3 is 2.85 bits per heavy atom. The van der Waals surface area contributed by atoms with Crippen molar-refractivity contribution < 1.29 is 18.7 Å². The number of aryl methyl sites for hydroxylation is 1. The molecule has 0 spiro atoms. The monoisotopic (exact) mass is 382 g/mol. The first-order chi connectivity index (χ1) is 13.1. The summed E-state index contributed by atoms with van der Waals surface area (Å²) in [7, 11) is 0. The fraction of sp³-hybridized carbons (Fsp3) is 0.158. The highest BCUT2D eigenvalue weighted by atomic mass is 32.1. The number of ether oxygens (including phenoxy) is 2. The van der Waals surface area contributed by atoms with Crippen molar-refractivity contribution >= 4 is 38.5 Å². The normalized spacial score (nSPS) is 11.0. The quantitative estimate of drug-likeness (QED) is 0.388. The van der Waals surface area contributed by atoms with Gasteiger partial charge in [-0.3, -0.25) is 0 Å². The molecule has 8 heteroatoms. The molecule has 0 N–H and O–H groups in total. The third-order valence-corrected chi connectivity index (χ3v) is 5.14. The van der Waals surface area contributed by atoms with E-state index in [9.17, 15) is 9.59 Å². The van der Waals surface area contributed by atoms with Crippen LogP contribution in [0, 0.1) is 6.92 Å². The SMILES string of the molecule is CCOC(=O)c1sc2ncnc(Oc3ccc4ccc(=O)oc4c3)c2c1C. The minimum atomic E-state index is -0.433. The van der Waals surface area contributed by atoms with E-state index in [1.165, 1.54) is 23.7 Å². The molecule has 3 aromatic heterocycles. The van der Waals surface area contributed by atoms with E-state index >= 15 is 0 Å². The van der Waals surface area contributed by atoms with Crippen LogP contribution in [0.25, 0.3) is 21.2 Å². The van der Waals surface area contributed by atoms with E-state index in [1.54, 1.807) is 38.1 Å². The molecule has 3 heterocycles. The average molecular weight is 382 g/mol. The Hall–Kier alpha value is -3.26. The molecule has 0 aliphatic rings. The molecule has 0 unspecified atom stereocenters. The number of benzene rings is 1. The van der Waals surface area contributed by atoms with E-state index in [4.69, 9.17) is 13.9 Å². The highest BCUT2D eigenvalue weighted by Gasteiger charge is 2.21. The minimum absolute atomic E-state index is 0.295. The summed E-state index contributed by atoms with van der Waals surface area (Å²) in [6.07, 6.45) is 1.38. The fourth-order valence-corrected chi connectivity index (χ4v) is 3.76. The summed E-state index contributed by atoms with van der Waals surface area (Å²) in [6, 6.07) is 8.21. The van der Waals surface area contributed by atoms with Gasteiger partial charge in [-0.2, -0.15) is 0 Å². The van der Waals surface area contributed by atoms with Gasteiger partial charge in [0.25, 0.3) is 0 Å². The molecule has 0 atom stereocenters. The van der Waals surface area contributed by atoms with Crippen LogP contribution in [-0.2, 0) is 4.74 Å². The number of aromatic nitrogens is 2. The molecule has 0 saturated heterocycles. The molecule has 1 aromatic carbocycles. The summed E-state index contributed by atoms with van der Waals surface area (Å²) in [5.74, 6) is 0.387. The van der Waals surface area contributed by atoms with Gasteiger partial charge >= 0.3 is 11.6 Å². The lowest BCUT2D eigenvalue weighted by molar-refractivity contribution is 0.0531. The number of carbonyl (C=O) groups excluding carboxylic acids is 1. The summed E-state index contributed by atoms with van der Waals surface area (Å²) < 4.78 is 16.2. The average Bonchev–Trinajstić information content (AvgIpc) is 2.99. The summed E-state index contributed by atoms with van der Waals surface area (Å²) in [4.78, 5) is 33.1. The fourth-order valence-electron chi connectivity index (χ4n) is 2.72. The van der Waals surface area contributed by atoms with Crippen LogP contribution >= 0.6 is 11.3 Å². The smallest absolute Gasteiger partial charge is 0.348 e. The van der Waals surface area contributed by atoms with E-state index in [0.717, 1.165) is 5.39 Å². The second-order valence-electron chi connectivity index (χ2n) is 5.69. The van der Waals surface area contributed by atoms with Gasteiger partial charge in [0.05, 0.1) is 12.0 Å². The van der Waals surface area contributed by atoms with Crippen molar-refractivity contribution in [1.82, 2.24) is 9.97 Å². The lowest BCUT2D eigenvalue weighted by Gasteiger charge is -2.07. The van der Waals surface area contributed by atoms with Crippen molar-refractivity contribution in [3.05, 3.63) is 57.5 Å². The number of fused-ring (bicyclic) bond motifs is 2. The number of rotatable bonds is 4. The maximum Gasteiger partial charge on any atom is 0.348 e. The van der Waals surface area contributed by atoms with Crippen molar-refractivity contribution in [3.63, 3.8) is 0 Å². The Morgan fingerprint density at radius 1 is 1.22 bits per heavy atom. The predicted molar refractivity (Wildman–Crippen MR) is 101 cm³/mol. The Bertz CT molecular complexity index is 1230. The number of esters is 1. The van der Waals surface area contributed by atoms with E-state index in [1.807, 2.05) is 0 Å². The van der Waals surface area contributed by atoms with Crippen LogP contribution in [0.15, 0.2) is 45.9 Å². The third kappa shape index (κ3) is 3.15. The van der Waals surface area contributed by atoms with Gasteiger partial charge < -0.3 is 13.9 Å². The van der Waals surface area contributed by atoms with Crippen molar-refractivity contribution in [1.29, 1.82) is 0 Å². The zero-order valence-corrected chi connectivity index (χ0v) is 15.3. The van der Waals surface area contributed by atoms with Gasteiger partial charge in [-0.1, -0.05) is 0 Å². The Labute approximate surface area is 157 Å². The lowest BCUT2D eigenvalue weighted by atomic mass is 10.2. The lowest BCUT2D eigenvalue weighted by Crippen LogP contribution is -2.03. The van der Waals surface area contributed by atoms with Gasteiger partial charge in [0.2, 0.25) is 5.88 Å². The van der Waals surface area contributed by atoms with Gasteiger partial charge in [-0.25, -0.2) is 19.6 Å². The molecule has 0 radical (unpaired) electrons. The molecule has 4 rings (SSSR count). The van der Waals surface area contributed by atoms with E-state index in [2.05, 4.69) is 9.97 Å². The third-order valence-electron chi connectivity index (χ3n) is 3.96.